The molecule has 0 N–H and O–H groups in total. The number of amides is 2. The van der Waals surface area contributed by atoms with Crippen molar-refractivity contribution in [1.29, 1.82) is 0 Å². The minimum atomic E-state index is -0.390. The molecule has 1 saturated heterocycles. The number of nitrogens with zero attached hydrogens (tertiary/aromatic N) is 2. The molecule has 2 aliphatic rings. The first-order valence-corrected chi connectivity index (χ1v) is 12.3. The molecule has 0 spiro atoms. The molecule has 33 heavy (non-hydrogen) atoms. The van der Waals surface area contributed by atoms with Gasteiger partial charge in [-0.25, -0.2) is 0 Å². The van der Waals surface area contributed by atoms with Crippen LogP contribution in [-0.4, -0.2) is 47.8 Å². The lowest BCUT2D eigenvalue weighted by atomic mass is 9.76. The average molecular weight is 443 g/mol. The van der Waals surface area contributed by atoms with Gasteiger partial charge in [-0.3, -0.25) is 9.59 Å². The fourth-order valence-corrected chi connectivity index (χ4v) is 5.56. The zero-order valence-corrected chi connectivity index (χ0v) is 19.4. The average Bonchev–Trinajstić information content (AvgIpc) is 3.38. The normalized spacial score (nSPS) is 19.6. The maximum absolute atomic E-state index is 13.2. The predicted molar refractivity (Wildman–Crippen MR) is 132 cm³/mol. The van der Waals surface area contributed by atoms with E-state index in [1.807, 2.05) is 29.2 Å². The van der Waals surface area contributed by atoms with Crippen molar-refractivity contribution in [2.24, 2.45) is 5.92 Å². The summed E-state index contributed by atoms with van der Waals surface area (Å²) >= 11 is 0. The van der Waals surface area contributed by atoms with Crippen LogP contribution in [-0.2, 0) is 9.59 Å². The lowest BCUT2D eigenvalue weighted by molar-refractivity contribution is -0.137. The molecule has 2 fully saturated rings. The maximum atomic E-state index is 13.2. The van der Waals surface area contributed by atoms with Crippen LogP contribution >= 0.6 is 0 Å². The maximum Gasteiger partial charge on any atom is 0.298 e. The van der Waals surface area contributed by atoms with Crippen LogP contribution in [0.3, 0.4) is 0 Å². The molecule has 2 atom stereocenters. The van der Waals surface area contributed by atoms with Gasteiger partial charge < -0.3 is 9.80 Å². The van der Waals surface area contributed by atoms with E-state index in [9.17, 15) is 9.59 Å². The molecule has 172 valence electrons. The summed E-state index contributed by atoms with van der Waals surface area (Å²) in [7, 11) is 0. The molecule has 0 bridgehead atoms. The number of rotatable bonds is 7. The van der Waals surface area contributed by atoms with Crippen LogP contribution in [0.15, 0.2) is 60.7 Å². The number of benzene rings is 2. The van der Waals surface area contributed by atoms with Crippen LogP contribution in [0.4, 0.5) is 0 Å². The summed E-state index contributed by atoms with van der Waals surface area (Å²) in [4.78, 5) is 29.4. The van der Waals surface area contributed by atoms with Crippen LogP contribution in [0.25, 0.3) is 0 Å². The van der Waals surface area contributed by atoms with Gasteiger partial charge in [0.1, 0.15) is 6.54 Å². The molecular formula is C29H34N2O2. The standard InChI is InChI=1S/C29H34N2O2/c1-2-28(32)31(21-27(24-14-8-4-9-15-24)25-16-10-5-11-17-25)22-29(33)30-19-18-26(20-30)23-12-6-3-7-13-23/h1,3-4,6-9,12-15,25-27H,5,10-11,16-22H2/t26-,27+/m1/s1. The molecule has 4 nitrogen and oxygen atoms in total. The Balaban J connectivity index is 1.46. The minimum Gasteiger partial charge on any atom is -0.341 e. The van der Waals surface area contributed by atoms with Crippen molar-refractivity contribution in [2.75, 3.05) is 26.2 Å². The first kappa shape index (κ1) is 23.1. The lowest BCUT2D eigenvalue weighted by Crippen LogP contribution is -2.44. The third kappa shape index (κ3) is 5.85. The van der Waals surface area contributed by atoms with Crippen molar-refractivity contribution in [2.45, 2.75) is 50.4 Å². The second kappa shape index (κ2) is 11.2. The summed E-state index contributed by atoms with van der Waals surface area (Å²) in [5.74, 6) is 2.94. The molecule has 4 rings (SSSR count). The minimum absolute atomic E-state index is 0.00696. The van der Waals surface area contributed by atoms with Crippen LogP contribution in [0.5, 0.6) is 0 Å². The monoisotopic (exact) mass is 442 g/mol. The third-order valence-corrected chi connectivity index (χ3v) is 7.41. The van der Waals surface area contributed by atoms with Crippen molar-refractivity contribution in [3.05, 3.63) is 71.8 Å². The molecular weight excluding hydrogens is 408 g/mol. The quantitative estimate of drug-likeness (QED) is 0.577. The zero-order chi connectivity index (χ0) is 23.0. The Hall–Kier alpha value is -3.06. The first-order valence-electron chi connectivity index (χ1n) is 12.3. The molecule has 1 heterocycles. The number of carbonyl (C=O) groups excluding carboxylic acids is 2. The number of terminal acetylenes is 1. The summed E-state index contributed by atoms with van der Waals surface area (Å²) in [6.07, 6.45) is 12.5. The highest BCUT2D eigenvalue weighted by Gasteiger charge is 2.32. The number of likely N-dealkylation sites (tertiary alicyclic amines) is 1. The van der Waals surface area contributed by atoms with Crippen molar-refractivity contribution in [3.8, 4) is 12.3 Å². The largest absolute Gasteiger partial charge is 0.341 e. The highest BCUT2D eigenvalue weighted by Crippen LogP contribution is 2.37. The highest BCUT2D eigenvalue weighted by atomic mass is 16.2. The van der Waals surface area contributed by atoms with Crippen molar-refractivity contribution in [3.63, 3.8) is 0 Å². The SMILES string of the molecule is C#CC(=O)N(CC(=O)N1CC[C@@H](c2ccccc2)C1)C[C@@H](c1ccccc1)C1CCCCC1. The molecule has 2 amide bonds. The fraction of sp³-hybridized carbons (Fsp3) is 0.448. The third-order valence-electron chi connectivity index (χ3n) is 7.41. The number of hydrogen-bond acceptors (Lipinski definition) is 2. The van der Waals surface area contributed by atoms with Crippen molar-refractivity contribution < 1.29 is 9.59 Å². The van der Waals surface area contributed by atoms with E-state index in [-0.39, 0.29) is 24.3 Å². The first-order chi connectivity index (χ1) is 16.2. The Morgan fingerprint density at radius 3 is 2.30 bits per heavy atom. The fourth-order valence-electron chi connectivity index (χ4n) is 5.56. The Morgan fingerprint density at radius 1 is 0.970 bits per heavy atom. The Morgan fingerprint density at radius 2 is 1.64 bits per heavy atom. The molecule has 2 aromatic carbocycles. The molecule has 2 aromatic rings. The van der Waals surface area contributed by atoms with E-state index >= 15 is 0 Å². The van der Waals surface area contributed by atoms with Gasteiger partial charge in [0.15, 0.2) is 0 Å². The number of carbonyl (C=O) groups is 2. The van der Waals surface area contributed by atoms with Crippen molar-refractivity contribution >= 4 is 11.8 Å². The molecule has 1 aliphatic carbocycles. The highest BCUT2D eigenvalue weighted by molar-refractivity contribution is 5.95. The van der Waals surface area contributed by atoms with Gasteiger partial charge in [0.2, 0.25) is 5.91 Å². The molecule has 0 unspecified atom stereocenters. The van der Waals surface area contributed by atoms with Gasteiger partial charge in [0.25, 0.3) is 5.91 Å². The smallest absolute Gasteiger partial charge is 0.298 e. The molecule has 1 saturated carbocycles. The van der Waals surface area contributed by atoms with E-state index in [2.05, 4.69) is 42.3 Å². The Bertz CT molecular complexity index is 960. The van der Waals surface area contributed by atoms with E-state index in [1.165, 1.54) is 30.4 Å². The second-order valence-electron chi connectivity index (χ2n) is 9.48. The topological polar surface area (TPSA) is 40.6 Å². The molecule has 4 heteroatoms. The summed E-state index contributed by atoms with van der Waals surface area (Å²) in [5, 5.41) is 0. The molecule has 0 radical (unpaired) electrons. The van der Waals surface area contributed by atoms with Gasteiger partial charge in [-0.2, -0.15) is 0 Å². The van der Waals surface area contributed by atoms with Gasteiger partial charge in [-0.05, 0) is 42.2 Å². The van der Waals surface area contributed by atoms with Gasteiger partial charge in [-0.1, -0.05) is 79.9 Å². The lowest BCUT2D eigenvalue weighted by Gasteiger charge is -2.34. The van der Waals surface area contributed by atoms with E-state index < -0.39 is 0 Å². The Labute approximate surface area is 198 Å². The van der Waals surface area contributed by atoms with Gasteiger partial charge >= 0.3 is 0 Å². The summed E-state index contributed by atoms with van der Waals surface area (Å²) < 4.78 is 0. The van der Waals surface area contributed by atoms with Gasteiger partial charge in [-0.15, -0.1) is 6.42 Å². The zero-order valence-electron chi connectivity index (χ0n) is 19.4. The van der Waals surface area contributed by atoms with E-state index in [1.54, 1.807) is 4.90 Å². The van der Waals surface area contributed by atoms with Crippen molar-refractivity contribution in [1.82, 2.24) is 9.80 Å². The summed E-state index contributed by atoms with van der Waals surface area (Å²) in [6, 6.07) is 20.8. The number of hydrogen-bond donors (Lipinski definition) is 0. The molecule has 1 aliphatic heterocycles. The van der Waals surface area contributed by atoms with E-state index in [0.717, 1.165) is 25.8 Å². The van der Waals surface area contributed by atoms with Crippen LogP contribution < -0.4 is 0 Å². The van der Waals surface area contributed by atoms with Crippen LogP contribution in [0, 0.1) is 18.3 Å². The van der Waals surface area contributed by atoms with Gasteiger partial charge in [0, 0.05) is 31.5 Å². The predicted octanol–water partition coefficient (Wildman–Crippen LogP) is 4.83. The summed E-state index contributed by atoms with van der Waals surface area (Å²) in [6.45, 7) is 1.98. The van der Waals surface area contributed by atoms with Crippen LogP contribution in [0.1, 0.15) is 61.5 Å². The Kier molecular flexibility index (Phi) is 7.83. The van der Waals surface area contributed by atoms with E-state index in [0.29, 0.717) is 24.9 Å². The van der Waals surface area contributed by atoms with E-state index in [4.69, 9.17) is 6.42 Å². The van der Waals surface area contributed by atoms with Crippen LogP contribution in [0.2, 0.25) is 0 Å². The van der Waals surface area contributed by atoms with Gasteiger partial charge in [0.05, 0.1) is 0 Å². The molecule has 0 aromatic heterocycles. The summed E-state index contributed by atoms with van der Waals surface area (Å²) in [5.41, 5.74) is 2.50. The second-order valence-corrected chi connectivity index (χ2v) is 9.48.